The van der Waals surface area contributed by atoms with Gasteiger partial charge in [-0.3, -0.25) is 4.79 Å². The van der Waals surface area contributed by atoms with Crippen molar-refractivity contribution in [1.29, 1.82) is 0 Å². The molecule has 1 aromatic heterocycles. The molecule has 7 nitrogen and oxygen atoms in total. The van der Waals surface area contributed by atoms with Gasteiger partial charge in [0.1, 0.15) is 37.0 Å². The molecule has 0 fully saturated rings. The van der Waals surface area contributed by atoms with Crippen molar-refractivity contribution >= 4 is 16.8 Å². The van der Waals surface area contributed by atoms with Crippen molar-refractivity contribution in [3.63, 3.8) is 0 Å². The highest BCUT2D eigenvalue weighted by molar-refractivity contribution is 5.98. The van der Waals surface area contributed by atoms with Crippen LogP contribution in [0, 0.1) is 0 Å². The van der Waals surface area contributed by atoms with Gasteiger partial charge in [0.2, 0.25) is 0 Å². The number of rotatable bonds is 9. The van der Waals surface area contributed by atoms with Gasteiger partial charge in [0.05, 0.1) is 6.42 Å². The fourth-order valence-electron chi connectivity index (χ4n) is 3.27. The maximum atomic E-state index is 13.0. The first kappa shape index (κ1) is 20.9. The summed E-state index contributed by atoms with van der Waals surface area (Å²) >= 11 is 0. The van der Waals surface area contributed by atoms with E-state index in [2.05, 4.69) is 0 Å². The minimum atomic E-state index is -1.26. The fourth-order valence-corrected chi connectivity index (χ4v) is 3.27. The second kappa shape index (κ2) is 9.11. The summed E-state index contributed by atoms with van der Waals surface area (Å²) in [5.74, 6) is -0.419. The summed E-state index contributed by atoms with van der Waals surface area (Å²) in [4.78, 5) is 25.3. The molecule has 0 aliphatic heterocycles. The number of Topliss-reactive ketones (excluding diaryl/α,β-unsaturated/α-hetero) is 1. The van der Waals surface area contributed by atoms with E-state index >= 15 is 0 Å². The van der Waals surface area contributed by atoms with Gasteiger partial charge in [0.25, 0.3) is 0 Å². The molecule has 0 saturated carbocycles. The van der Waals surface area contributed by atoms with Gasteiger partial charge in [-0.2, -0.15) is 0 Å². The number of benzene rings is 2. The normalized spacial score (nSPS) is 12.8. The van der Waals surface area contributed by atoms with Crippen LogP contribution in [0.1, 0.15) is 28.4 Å². The molecule has 0 amide bonds. The third-order valence-corrected chi connectivity index (χ3v) is 5.07. The largest absolute Gasteiger partial charge is 0.422 e. The van der Waals surface area contributed by atoms with Crippen molar-refractivity contribution in [2.45, 2.75) is 18.0 Å². The van der Waals surface area contributed by atoms with E-state index in [4.69, 9.17) is 4.42 Å². The Morgan fingerprint density at radius 2 is 1.59 bits per heavy atom. The highest BCUT2D eigenvalue weighted by Gasteiger charge is 2.37. The Balaban J connectivity index is 1.94. The molecular weight excluding hydrogens is 374 g/mol. The van der Waals surface area contributed by atoms with Crippen molar-refractivity contribution in [2.24, 2.45) is 0 Å². The van der Waals surface area contributed by atoms with E-state index in [-0.39, 0.29) is 12.0 Å². The van der Waals surface area contributed by atoms with Gasteiger partial charge in [-0.25, -0.2) is 4.79 Å². The molecule has 0 unspecified atom stereocenters. The lowest BCUT2D eigenvalue weighted by molar-refractivity contribution is -0.767. The molecule has 3 rings (SSSR count). The Bertz CT molecular complexity index is 1020. The summed E-state index contributed by atoms with van der Waals surface area (Å²) in [5, 5.41) is 31.3. The van der Waals surface area contributed by atoms with Crippen LogP contribution in [0.25, 0.3) is 11.0 Å². The Morgan fingerprint density at radius 1 is 0.966 bits per heavy atom. The molecule has 29 heavy (non-hydrogen) atoms. The Hall–Kier alpha value is -2.84. The van der Waals surface area contributed by atoms with Crippen molar-refractivity contribution < 1.29 is 29.8 Å². The maximum absolute atomic E-state index is 13.0. The number of para-hydroxylation sites is 1. The molecule has 0 aliphatic rings. The van der Waals surface area contributed by atoms with Crippen LogP contribution >= 0.6 is 0 Å². The Kier molecular flexibility index (Phi) is 6.56. The molecule has 0 bridgehead atoms. The number of quaternary nitrogens is 1. The summed E-state index contributed by atoms with van der Waals surface area (Å²) in [7, 11) is 0. The van der Waals surface area contributed by atoms with E-state index < -0.39 is 42.8 Å². The molecule has 0 radical (unpaired) electrons. The van der Waals surface area contributed by atoms with Gasteiger partial charge in [0, 0.05) is 10.9 Å². The van der Waals surface area contributed by atoms with E-state index in [1.54, 1.807) is 29.6 Å². The van der Waals surface area contributed by atoms with Crippen molar-refractivity contribution in [2.75, 3.05) is 19.8 Å². The zero-order chi connectivity index (χ0) is 20.9. The van der Waals surface area contributed by atoms with Crippen LogP contribution in [0.15, 0.2) is 69.9 Å². The highest BCUT2D eigenvalue weighted by Crippen LogP contribution is 2.19. The smallest absolute Gasteiger partial charge is 0.347 e. The zero-order valence-corrected chi connectivity index (χ0v) is 15.8. The molecule has 0 aliphatic carbocycles. The summed E-state index contributed by atoms with van der Waals surface area (Å²) in [5.41, 5.74) is -0.848. The zero-order valence-electron chi connectivity index (χ0n) is 15.8. The van der Waals surface area contributed by atoms with Crippen molar-refractivity contribution in [3.05, 3.63) is 82.2 Å². The number of aliphatic hydroxyl groups excluding tert-OH is 3. The number of fused-ring (bicyclic) bond motifs is 1. The Labute approximate surface area is 167 Å². The number of ketones is 1. The maximum Gasteiger partial charge on any atom is 0.347 e. The third-order valence-electron chi connectivity index (χ3n) is 5.07. The monoisotopic (exact) mass is 398 g/mol. The quantitative estimate of drug-likeness (QED) is 0.305. The average Bonchev–Trinajstić information content (AvgIpc) is 2.77. The molecule has 5 N–H and O–H groups in total. The average molecular weight is 398 g/mol. The van der Waals surface area contributed by atoms with Crippen LogP contribution in [0.2, 0.25) is 0 Å². The topological polar surface area (TPSA) is 125 Å². The Morgan fingerprint density at radius 3 is 2.24 bits per heavy atom. The molecule has 7 heteroatoms. The standard InChI is InChI=1S/C22H23NO6/c24-12-22(13-25,14-26)23-18(15-6-2-1-3-7-15)11-19(27)17-10-16-8-4-5-9-20(16)29-21(17)28/h1-10,18,23-26H,11-14H2/p+1/t18-/m1/s1. The number of carbonyl (C=O) groups is 1. The minimum Gasteiger partial charge on any atom is -0.422 e. The van der Waals surface area contributed by atoms with E-state index in [9.17, 15) is 24.9 Å². The second-order valence-corrected chi connectivity index (χ2v) is 7.13. The first-order chi connectivity index (χ1) is 14.0. The van der Waals surface area contributed by atoms with E-state index in [0.29, 0.717) is 11.0 Å². The summed E-state index contributed by atoms with van der Waals surface area (Å²) < 4.78 is 5.26. The molecule has 1 atom stereocenters. The molecule has 2 aromatic carbocycles. The molecule has 0 spiro atoms. The van der Waals surface area contributed by atoms with Gasteiger partial charge >= 0.3 is 5.63 Å². The predicted molar refractivity (Wildman–Crippen MR) is 107 cm³/mol. The van der Waals surface area contributed by atoms with Crippen LogP contribution < -0.4 is 10.9 Å². The number of nitrogens with two attached hydrogens (primary N) is 1. The lowest BCUT2D eigenvalue weighted by Crippen LogP contribution is -3.01. The fraction of sp³-hybridized carbons (Fsp3) is 0.273. The van der Waals surface area contributed by atoms with Crippen molar-refractivity contribution in [1.82, 2.24) is 0 Å². The van der Waals surface area contributed by atoms with Crippen LogP contribution in [0.4, 0.5) is 0 Å². The van der Waals surface area contributed by atoms with E-state index in [1.807, 2.05) is 30.3 Å². The van der Waals surface area contributed by atoms with Crippen LogP contribution in [0.5, 0.6) is 0 Å². The van der Waals surface area contributed by atoms with Gasteiger partial charge < -0.3 is 25.1 Å². The van der Waals surface area contributed by atoms with E-state index in [1.165, 1.54) is 6.07 Å². The second-order valence-electron chi connectivity index (χ2n) is 7.13. The number of hydrogen-bond acceptors (Lipinski definition) is 6. The molecular formula is C22H24NO6+. The molecule has 152 valence electrons. The third kappa shape index (κ3) is 4.60. The summed E-state index contributed by atoms with van der Waals surface area (Å²) in [6, 6.07) is 17.0. The van der Waals surface area contributed by atoms with Gasteiger partial charge in [-0.15, -0.1) is 0 Å². The van der Waals surface area contributed by atoms with Crippen LogP contribution in [-0.4, -0.2) is 46.5 Å². The van der Waals surface area contributed by atoms with Crippen LogP contribution in [-0.2, 0) is 0 Å². The lowest BCUT2D eigenvalue weighted by atomic mass is 9.94. The highest BCUT2D eigenvalue weighted by atomic mass is 16.4. The molecule has 3 aromatic rings. The summed E-state index contributed by atoms with van der Waals surface area (Å²) in [6.07, 6.45) is -0.0745. The SMILES string of the molecule is O=C(C[C@@H]([NH2+]C(CO)(CO)CO)c1ccccc1)c1cc2ccccc2oc1=O. The minimum absolute atomic E-state index is 0.0550. The predicted octanol–water partition coefficient (Wildman–Crippen LogP) is 0.386. The van der Waals surface area contributed by atoms with Gasteiger partial charge in [0.15, 0.2) is 11.3 Å². The molecule has 0 saturated heterocycles. The first-order valence-electron chi connectivity index (χ1n) is 9.31. The van der Waals surface area contributed by atoms with E-state index in [0.717, 1.165) is 5.56 Å². The number of aliphatic hydroxyl groups is 3. The first-order valence-corrected chi connectivity index (χ1v) is 9.31. The van der Waals surface area contributed by atoms with Crippen molar-refractivity contribution in [3.8, 4) is 0 Å². The lowest BCUT2D eigenvalue weighted by Gasteiger charge is -2.30. The summed E-state index contributed by atoms with van der Waals surface area (Å²) in [6.45, 7) is -1.43. The number of carbonyl (C=O) groups excluding carboxylic acids is 1. The molecule has 1 heterocycles. The number of hydrogen-bond donors (Lipinski definition) is 4. The van der Waals surface area contributed by atoms with Gasteiger partial charge in [-0.1, -0.05) is 48.5 Å². The van der Waals surface area contributed by atoms with Gasteiger partial charge in [-0.05, 0) is 12.1 Å². The van der Waals surface area contributed by atoms with Crippen LogP contribution in [0.3, 0.4) is 0 Å².